The molecule has 5 heterocycles. The summed E-state index contributed by atoms with van der Waals surface area (Å²) in [6.07, 6.45) is 6.07. The summed E-state index contributed by atoms with van der Waals surface area (Å²) in [5.41, 5.74) is 16.7. The Kier molecular flexibility index (Phi) is 8.79. The Morgan fingerprint density at radius 2 is 1.00 bits per heavy atom. The largest absolute Gasteiger partial charge is 0.354 e. The van der Waals surface area contributed by atoms with Crippen molar-refractivity contribution in [3.05, 3.63) is 197 Å². The first-order valence-electron chi connectivity index (χ1n) is 18.2. The van der Waals surface area contributed by atoms with Crippen LogP contribution >= 0.6 is 11.6 Å². The fraction of sp³-hybridized carbons (Fsp3) is 0.174. The van der Waals surface area contributed by atoms with E-state index in [0.717, 1.165) is 58.9 Å². The van der Waals surface area contributed by atoms with Crippen molar-refractivity contribution in [2.75, 3.05) is 0 Å². The molecule has 3 aromatic carbocycles. The first-order chi connectivity index (χ1) is 25.0. The van der Waals surface area contributed by atoms with E-state index in [4.69, 9.17) is 11.6 Å². The van der Waals surface area contributed by atoms with Crippen LogP contribution in [0.2, 0.25) is 5.02 Å². The van der Waals surface area contributed by atoms with Gasteiger partial charge in [-0.25, -0.2) is 0 Å². The van der Waals surface area contributed by atoms with E-state index in [9.17, 15) is 0 Å². The molecular formula is C46H43ClN4. The molecule has 4 N–H and O–H groups in total. The van der Waals surface area contributed by atoms with Crippen LogP contribution in [0.5, 0.6) is 0 Å². The topological polar surface area (TPSA) is 63.2 Å². The molecule has 8 rings (SSSR count). The zero-order valence-electron chi connectivity index (χ0n) is 29.7. The van der Waals surface area contributed by atoms with Crippen LogP contribution in [0.25, 0.3) is 22.8 Å². The third-order valence-electron chi connectivity index (χ3n) is 10.4. The molecule has 5 heteroatoms. The Labute approximate surface area is 304 Å². The summed E-state index contributed by atoms with van der Waals surface area (Å²) in [7, 11) is 0. The molecular weight excluding hydrogens is 644 g/mol. The normalized spacial score (nSPS) is 12.8. The molecule has 0 amide bonds. The van der Waals surface area contributed by atoms with E-state index in [-0.39, 0.29) is 0 Å². The Hall–Kier alpha value is -5.45. The van der Waals surface area contributed by atoms with E-state index in [1.54, 1.807) is 0 Å². The highest BCUT2D eigenvalue weighted by molar-refractivity contribution is 6.30. The number of benzene rings is 3. The van der Waals surface area contributed by atoms with Crippen molar-refractivity contribution in [1.82, 2.24) is 19.9 Å². The summed E-state index contributed by atoms with van der Waals surface area (Å²) in [5, 5.41) is 5.14. The van der Waals surface area contributed by atoms with Crippen LogP contribution in [0.4, 0.5) is 0 Å². The van der Waals surface area contributed by atoms with Crippen molar-refractivity contribution in [1.29, 1.82) is 0 Å². The van der Waals surface area contributed by atoms with E-state index < -0.39 is 0 Å². The standard InChI is InChI=1S/C46H43ClN4/c1-5-32-34(7-3)45-43(28-15-11-9-12-16-28)38-25-23-36(48-38)42(30-19-21-31(47)22-20-30)37-24-26-39(49-37)44(29-17-13-10-14-18-29)46-35(8-4)33(6-2)41(51-46)27-40(32)50-45/h9-27,48-51H,5-8H2,1-4H3. The molecule has 1 aliphatic heterocycles. The van der Waals surface area contributed by atoms with E-state index in [0.29, 0.717) is 5.02 Å². The van der Waals surface area contributed by atoms with E-state index >= 15 is 0 Å². The molecule has 0 saturated heterocycles. The van der Waals surface area contributed by atoms with Gasteiger partial charge in [0.05, 0.1) is 11.0 Å². The summed E-state index contributed by atoms with van der Waals surface area (Å²) in [4.78, 5) is 15.8. The Morgan fingerprint density at radius 1 is 0.451 bits per heavy atom. The fourth-order valence-electron chi connectivity index (χ4n) is 8.13. The van der Waals surface area contributed by atoms with Gasteiger partial charge >= 0.3 is 0 Å². The van der Waals surface area contributed by atoms with Gasteiger partial charge in [0.15, 0.2) is 0 Å². The number of aromatic nitrogens is 4. The van der Waals surface area contributed by atoms with Gasteiger partial charge in [-0.1, -0.05) is 112 Å². The van der Waals surface area contributed by atoms with Gasteiger partial charge in [-0.05, 0) is 107 Å². The highest BCUT2D eigenvalue weighted by Gasteiger charge is 2.22. The molecule has 0 saturated carbocycles. The van der Waals surface area contributed by atoms with E-state index in [1.807, 2.05) is 12.1 Å². The molecule has 7 aromatic rings. The zero-order chi connectivity index (χ0) is 35.1. The smallest absolute Gasteiger partial charge is 0.0521 e. The number of halogens is 1. The molecule has 1 aliphatic rings. The second kappa shape index (κ2) is 13.7. The first kappa shape index (κ1) is 32.7. The van der Waals surface area contributed by atoms with Crippen LogP contribution < -0.4 is 21.4 Å². The number of H-pyrrole nitrogens is 4. The third-order valence-corrected chi connectivity index (χ3v) is 10.7. The second-order valence-corrected chi connectivity index (χ2v) is 13.7. The van der Waals surface area contributed by atoms with Gasteiger partial charge in [0.25, 0.3) is 0 Å². The molecule has 8 bridgehead atoms. The molecule has 0 unspecified atom stereocenters. The minimum atomic E-state index is 0.714. The van der Waals surface area contributed by atoms with Crippen molar-refractivity contribution < 1.29 is 0 Å². The lowest BCUT2D eigenvalue weighted by atomic mass is 9.95. The van der Waals surface area contributed by atoms with Gasteiger partial charge in [0.1, 0.15) is 0 Å². The monoisotopic (exact) mass is 686 g/mol. The second-order valence-electron chi connectivity index (χ2n) is 13.2. The molecule has 0 aliphatic carbocycles. The Balaban J connectivity index is 1.60. The van der Waals surface area contributed by atoms with Crippen LogP contribution in [0.1, 0.15) is 89.4 Å². The lowest BCUT2D eigenvalue weighted by Gasteiger charge is -2.10. The molecule has 0 radical (unpaired) electrons. The Morgan fingerprint density at radius 3 is 1.61 bits per heavy atom. The zero-order valence-corrected chi connectivity index (χ0v) is 30.4. The van der Waals surface area contributed by atoms with E-state index in [2.05, 4.69) is 151 Å². The first-order valence-corrected chi connectivity index (χ1v) is 18.6. The Bertz CT molecular complexity index is 2610. The summed E-state index contributed by atoms with van der Waals surface area (Å²) in [6.45, 7) is 9.10. The number of fused-ring (bicyclic) bond motifs is 8. The summed E-state index contributed by atoms with van der Waals surface area (Å²) >= 11 is 6.43. The fourth-order valence-corrected chi connectivity index (χ4v) is 8.25. The maximum absolute atomic E-state index is 6.43. The number of nitrogens with one attached hydrogen (secondary N) is 4. The molecule has 4 aromatic heterocycles. The maximum Gasteiger partial charge on any atom is 0.0521 e. The molecule has 0 atom stereocenters. The SMILES string of the molecule is CCc1c2[nH]c(c1CC)C(c1ccccc1)=c1ccc([nH]1)=C(c1ccc(Cl)cc1)c1ccc([nH]1)C(c1ccccc1)=c1[nH]c(c(CC)c1CC)=C2. The average molecular weight is 687 g/mol. The highest BCUT2D eigenvalue weighted by Crippen LogP contribution is 2.31. The lowest BCUT2D eigenvalue weighted by Crippen LogP contribution is -2.19. The average Bonchev–Trinajstić information content (AvgIpc) is 3.97. The summed E-state index contributed by atoms with van der Waals surface area (Å²) < 4.78 is 0. The van der Waals surface area contributed by atoms with Gasteiger partial charge in [0, 0.05) is 54.9 Å². The van der Waals surface area contributed by atoms with Crippen molar-refractivity contribution in [2.24, 2.45) is 0 Å². The van der Waals surface area contributed by atoms with Gasteiger partial charge in [-0.2, -0.15) is 0 Å². The van der Waals surface area contributed by atoms with Crippen LogP contribution in [0, 0.1) is 0 Å². The number of hydrogen-bond acceptors (Lipinski definition) is 0. The van der Waals surface area contributed by atoms with E-state index in [1.165, 1.54) is 66.6 Å². The van der Waals surface area contributed by atoms with Crippen LogP contribution in [0.15, 0.2) is 109 Å². The van der Waals surface area contributed by atoms with Gasteiger partial charge in [-0.15, -0.1) is 0 Å². The number of rotatable bonds is 7. The minimum Gasteiger partial charge on any atom is -0.354 e. The van der Waals surface area contributed by atoms with Crippen molar-refractivity contribution >= 4 is 34.4 Å². The minimum absolute atomic E-state index is 0.714. The molecule has 51 heavy (non-hydrogen) atoms. The van der Waals surface area contributed by atoms with Gasteiger partial charge in [-0.3, -0.25) is 0 Å². The number of aromatic amines is 4. The predicted molar refractivity (Wildman–Crippen MR) is 212 cm³/mol. The summed E-state index contributed by atoms with van der Waals surface area (Å²) in [6, 6.07) is 38.6. The maximum atomic E-state index is 6.43. The quantitative estimate of drug-likeness (QED) is 0.132. The van der Waals surface area contributed by atoms with Gasteiger partial charge in [0.2, 0.25) is 0 Å². The van der Waals surface area contributed by atoms with Crippen LogP contribution in [-0.4, -0.2) is 19.9 Å². The van der Waals surface area contributed by atoms with Gasteiger partial charge < -0.3 is 19.9 Å². The van der Waals surface area contributed by atoms with Crippen LogP contribution in [0.3, 0.4) is 0 Å². The predicted octanol–water partition coefficient (Wildman–Crippen LogP) is 7.79. The summed E-state index contributed by atoms with van der Waals surface area (Å²) in [5.74, 6) is 0. The lowest BCUT2D eigenvalue weighted by molar-refractivity contribution is 1.04. The number of hydrogen-bond donors (Lipinski definition) is 4. The van der Waals surface area contributed by atoms with Crippen molar-refractivity contribution in [3.8, 4) is 0 Å². The highest BCUT2D eigenvalue weighted by atomic mass is 35.5. The third kappa shape index (κ3) is 5.74. The molecule has 4 nitrogen and oxygen atoms in total. The molecule has 0 fully saturated rings. The van der Waals surface area contributed by atoms with Crippen LogP contribution in [-0.2, 0) is 25.7 Å². The molecule has 254 valence electrons. The van der Waals surface area contributed by atoms with Crippen molar-refractivity contribution in [2.45, 2.75) is 53.4 Å². The van der Waals surface area contributed by atoms with Crippen molar-refractivity contribution in [3.63, 3.8) is 0 Å². The molecule has 0 spiro atoms.